The number of hydrogen-bond donors (Lipinski definition) is 1. The van der Waals surface area contributed by atoms with Crippen LogP contribution in [0.2, 0.25) is 0 Å². The zero-order chi connectivity index (χ0) is 13.0. The normalized spacial score (nSPS) is 36.5. The van der Waals surface area contributed by atoms with Crippen LogP contribution in [-0.2, 0) is 9.47 Å². The highest BCUT2D eigenvalue weighted by molar-refractivity contribution is 4.99. The van der Waals surface area contributed by atoms with E-state index >= 15 is 0 Å². The Morgan fingerprint density at radius 2 is 2.00 bits per heavy atom. The van der Waals surface area contributed by atoms with E-state index in [1.165, 1.54) is 38.5 Å². The molecule has 1 aliphatic heterocycles. The van der Waals surface area contributed by atoms with Crippen molar-refractivity contribution in [2.75, 3.05) is 27.4 Å². The maximum Gasteiger partial charge on any atom is 0.0836 e. The van der Waals surface area contributed by atoms with Gasteiger partial charge in [0.25, 0.3) is 0 Å². The summed E-state index contributed by atoms with van der Waals surface area (Å²) in [6, 6.07) is 0.481. The van der Waals surface area contributed by atoms with Crippen molar-refractivity contribution in [3.05, 3.63) is 0 Å². The average Bonchev–Trinajstić information content (AvgIpc) is 2.41. The number of likely N-dealkylation sites (N-methyl/N-ethyl adjacent to an activating group) is 1. The van der Waals surface area contributed by atoms with Gasteiger partial charge in [0.2, 0.25) is 0 Å². The van der Waals surface area contributed by atoms with Gasteiger partial charge in [-0.2, -0.15) is 0 Å². The van der Waals surface area contributed by atoms with Crippen molar-refractivity contribution in [3.63, 3.8) is 0 Å². The first-order valence-corrected chi connectivity index (χ1v) is 7.52. The summed E-state index contributed by atoms with van der Waals surface area (Å²) in [7, 11) is 4.00. The predicted molar refractivity (Wildman–Crippen MR) is 73.8 cm³/mol. The molecule has 2 rings (SSSR count). The first kappa shape index (κ1) is 14.3. The molecule has 1 heterocycles. The Morgan fingerprint density at radius 3 is 2.56 bits per heavy atom. The highest BCUT2D eigenvalue weighted by atomic mass is 16.5. The second-order valence-electron chi connectivity index (χ2n) is 6.19. The van der Waals surface area contributed by atoms with Crippen LogP contribution in [0.5, 0.6) is 0 Å². The lowest BCUT2D eigenvalue weighted by atomic mass is 9.69. The second kappa shape index (κ2) is 6.36. The van der Waals surface area contributed by atoms with Crippen molar-refractivity contribution < 1.29 is 9.47 Å². The number of ether oxygens (including phenoxy) is 2. The summed E-state index contributed by atoms with van der Waals surface area (Å²) in [5, 5.41) is 3.57. The molecule has 1 saturated heterocycles. The number of methoxy groups -OCH3 is 1. The van der Waals surface area contributed by atoms with Crippen molar-refractivity contribution in [1.82, 2.24) is 5.32 Å². The van der Waals surface area contributed by atoms with Crippen LogP contribution >= 0.6 is 0 Å². The summed E-state index contributed by atoms with van der Waals surface area (Å²) < 4.78 is 11.6. The van der Waals surface area contributed by atoms with E-state index in [1.54, 1.807) is 0 Å². The monoisotopic (exact) mass is 255 g/mol. The van der Waals surface area contributed by atoms with Gasteiger partial charge >= 0.3 is 0 Å². The second-order valence-corrected chi connectivity index (χ2v) is 6.19. The Bertz CT molecular complexity index is 253. The lowest BCUT2D eigenvalue weighted by Crippen LogP contribution is -2.57. The third kappa shape index (κ3) is 2.89. The van der Waals surface area contributed by atoms with Crippen LogP contribution in [0.1, 0.15) is 45.4 Å². The quantitative estimate of drug-likeness (QED) is 0.837. The largest absolute Gasteiger partial charge is 0.381 e. The summed E-state index contributed by atoms with van der Waals surface area (Å²) in [6.45, 7) is 4.19. The Hall–Kier alpha value is -0.120. The molecular weight excluding hydrogens is 226 g/mol. The highest BCUT2D eigenvalue weighted by Gasteiger charge is 2.45. The van der Waals surface area contributed by atoms with Crippen LogP contribution in [0, 0.1) is 11.8 Å². The molecule has 0 aromatic heterocycles. The van der Waals surface area contributed by atoms with Gasteiger partial charge in [-0.1, -0.05) is 19.8 Å². The molecule has 1 N–H and O–H groups in total. The van der Waals surface area contributed by atoms with Gasteiger partial charge < -0.3 is 14.8 Å². The van der Waals surface area contributed by atoms with E-state index in [1.807, 2.05) is 7.11 Å². The van der Waals surface area contributed by atoms with Gasteiger partial charge in [0.1, 0.15) is 0 Å². The molecule has 0 aromatic rings. The zero-order valence-electron chi connectivity index (χ0n) is 12.2. The fraction of sp³-hybridized carbons (Fsp3) is 1.00. The van der Waals surface area contributed by atoms with Crippen LogP contribution in [0.4, 0.5) is 0 Å². The maximum atomic E-state index is 6.05. The first-order valence-electron chi connectivity index (χ1n) is 7.52. The lowest BCUT2D eigenvalue weighted by Gasteiger charge is -2.48. The third-order valence-corrected chi connectivity index (χ3v) is 5.01. The zero-order valence-corrected chi connectivity index (χ0v) is 12.2. The Morgan fingerprint density at radius 1 is 1.28 bits per heavy atom. The minimum atomic E-state index is 0.0500. The molecule has 3 atom stereocenters. The van der Waals surface area contributed by atoms with Crippen LogP contribution in [0.3, 0.4) is 0 Å². The van der Waals surface area contributed by atoms with Crippen LogP contribution < -0.4 is 5.32 Å². The smallest absolute Gasteiger partial charge is 0.0836 e. The van der Waals surface area contributed by atoms with E-state index < -0.39 is 0 Å². The summed E-state index contributed by atoms with van der Waals surface area (Å²) in [5.74, 6) is 1.49. The fourth-order valence-electron chi connectivity index (χ4n) is 4.12. The standard InChI is InChI=1S/C15H29NO2/c1-12-5-4-8-15(11-12,17-3)14(16-2)13-6-9-18-10-7-13/h12-14,16H,4-11H2,1-3H3. The van der Waals surface area contributed by atoms with E-state index in [2.05, 4.69) is 19.3 Å². The van der Waals surface area contributed by atoms with Crippen molar-refractivity contribution in [3.8, 4) is 0 Å². The molecule has 2 aliphatic rings. The van der Waals surface area contributed by atoms with Crippen LogP contribution in [0.15, 0.2) is 0 Å². The molecule has 1 aliphatic carbocycles. The molecule has 106 valence electrons. The molecule has 0 radical (unpaired) electrons. The van der Waals surface area contributed by atoms with Gasteiger partial charge in [0.05, 0.1) is 5.60 Å². The highest BCUT2D eigenvalue weighted by Crippen LogP contribution is 2.41. The van der Waals surface area contributed by atoms with Crippen molar-refractivity contribution in [2.45, 2.75) is 57.1 Å². The van der Waals surface area contributed by atoms with Gasteiger partial charge in [-0.15, -0.1) is 0 Å². The van der Waals surface area contributed by atoms with Gasteiger partial charge in [-0.25, -0.2) is 0 Å². The lowest BCUT2D eigenvalue weighted by molar-refractivity contribution is -0.101. The molecule has 18 heavy (non-hydrogen) atoms. The van der Waals surface area contributed by atoms with E-state index in [0.717, 1.165) is 19.1 Å². The van der Waals surface area contributed by atoms with E-state index in [9.17, 15) is 0 Å². The SMILES string of the molecule is CNC(C1CCOCC1)C1(OC)CCCC(C)C1. The molecule has 0 bridgehead atoms. The minimum absolute atomic E-state index is 0.0500. The summed E-state index contributed by atoms with van der Waals surface area (Å²) in [4.78, 5) is 0. The van der Waals surface area contributed by atoms with E-state index in [4.69, 9.17) is 9.47 Å². The number of nitrogens with one attached hydrogen (secondary N) is 1. The maximum absolute atomic E-state index is 6.05. The molecule has 2 fully saturated rings. The summed E-state index contributed by atoms with van der Waals surface area (Å²) in [5.41, 5.74) is 0.0500. The molecular formula is C15H29NO2. The molecule has 1 saturated carbocycles. The first-order chi connectivity index (χ1) is 8.72. The van der Waals surface area contributed by atoms with Crippen molar-refractivity contribution in [1.29, 1.82) is 0 Å². The Kier molecular flexibility index (Phi) is 5.05. The average molecular weight is 255 g/mol. The van der Waals surface area contributed by atoms with Gasteiger partial charge in [-0.05, 0) is 44.6 Å². The van der Waals surface area contributed by atoms with E-state index in [0.29, 0.717) is 12.0 Å². The minimum Gasteiger partial charge on any atom is -0.381 e. The van der Waals surface area contributed by atoms with Crippen molar-refractivity contribution in [2.24, 2.45) is 11.8 Å². The number of rotatable bonds is 4. The van der Waals surface area contributed by atoms with E-state index in [-0.39, 0.29) is 5.60 Å². The van der Waals surface area contributed by atoms with Crippen LogP contribution in [0.25, 0.3) is 0 Å². The molecule has 3 nitrogen and oxygen atoms in total. The molecule has 3 heteroatoms. The van der Waals surface area contributed by atoms with Gasteiger partial charge in [0.15, 0.2) is 0 Å². The number of hydrogen-bond acceptors (Lipinski definition) is 3. The topological polar surface area (TPSA) is 30.5 Å². The van der Waals surface area contributed by atoms with Crippen molar-refractivity contribution >= 4 is 0 Å². The fourth-order valence-corrected chi connectivity index (χ4v) is 4.12. The predicted octanol–water partition coefficient (Wildman–Crippen LogP) is 2.60. The summed E-state index contributed by atoms with van der Waals surface area (Å²) >= 11 is 0. The van der Waals surface area contributed by atoms with Crippen LogP contribution in [-0.4, -0.2) is 39.0 Å². The molecule has 0 amide bonds. The van der Waals surface area contributed by atoms with Gasteiger partial charge in [0, 0.05) is 26.4 Å². The summed E-state index contributed by atoms with van der Waals surface area (Å²) in [6.07, 6.45) is 7.41. The van der Waals surface area contributed by atoms with Gasteiger partial charge in [-0.3, -0.25) is 0 Å². The molecule has 0 spiro atoms. The Labute approximate surface area is 112 Å². The molecule has 0 aromatic carbocycles. The molecule has 3 unspecified atom stereocenters. The Balaban J connectivity index is 2.11. The third-order valence-electron chi connectivity index (χ3n) is 5.01.